The van der Waals surface area contributed by atoms with Gasteiger partial charge in [0.15, 0.2) is 0 Å². The third-order valence-corrected chi connectivity index (χ3v) is 2.78. The Labute approximate surface area is 102 Å². The first-order valence-electron chi connectivity index (χ1n) is 5.96. The fraction of sp³-hybridized carbons (Fsp3) is 0.267. The summed E-state index contributed by atoms with van der Waals surface area (Å²) in [7, 11) is 0. The minimum absolute atomic E-state index is 0.315. The molecule has 0 bridgehead atoms. The van der Waals surface area contributed by atoms with Crippen molar-refractivity contribution in [3.05, 3.63) is 66.0 Å². The summed E-state index contributed by atoms with van der Waals surface area (Å²) in [4.78, 5) is 4.21. The molecule has 0 saturated carbocycles. The van der Waals surface area contributed by atoms with Crippen molar-refractivity contribution in [2.75, 3.05) is 0 Å². The molecule has 1 unspecified atom stereocenters. The Kier molecular flexibility index (Phi) is 4.28. The summed E-state index contributed by atoms with van der Waals surface area (Å²) in [6, 6.07) is 16.0. The molecular weight excluding hydrogens is 210 g/mol. The zero-order valence-corrected chi connectivity index (χ0v) is 9.79. The predicted molar refractivity (Wildman–Crippen MR) is 68.7 cm³/mol. The average molecular weight is 227 g/mol. The second kappa shape index (κ2) is 6.16. The highest BCUT2D eigenvalue weighted by molar-refractivity contribution is 5.15. The molecule has 1 aromatic carbocycles. The van der Waals surface area contributed by atoms with Gasteiger partial charge in [-0.15, -0.1) is 0 Å². The van der Waals surface area contributed by atoms with E-state index in [-0.39, 0.29) is 6.10 Å². The number of aryl methyl sites for hydroxylation is 1. The molecule has 0 saturated heterocycles. The first-order chi connectivity index (χ1) is 8.34. The molecule has 0 aliphatic rings. The Morgan fingerprint density at radius 3 is 2.47 bits per heavy atom. The molecule has 1 atom stereocenters. The Hall–Kier alpha value is -1.67. The van der Waals surface area contributed by atoms with Gasteiger partial charge in [-0.3, -0.25) is 4.98 Å². The minimum Gasteiger partial charge on any atom is -0.393 e. The van der Waals surface area contributed by atoms with Crippen molar-refractivity contribution < 1.29 is 5.11 Å². The highest BCUT2D eigenvalue weighted by atomic mass is 16.3. The summed E-state index contributed by atoms with van der Waals surface area (Å²) in [5.74, 6) is 0. The Morgan fingerprint density at radius 1 is 1.00 bits per heavy atom. The third kappa shape index (κ3) is 4.00. The second-order valence-corrected chi connectivity index (χ2v) is 4.20. The van der Waals surface area contributed by atoms with Gasteiger partial charge < -0.3 is 5.11 Å². The molecule has 17 heavy (non-hydrogen) atoms. The van der Waals surface area contributed by atoms with Crippen molar-refractivity contribution in [1.82, 2.24) is 4.98 Å². The molecule has 2 heteroatoms. The topological polar surface area (TPSA) is 33.1 Å². The molecule has 2 nitrogen and oxygen atoms in total. The van der Waals surface area contributed by atoms with Gasteiger partial charge in [0, 0.05) is 18.3 Å². The van der Waals surface area contributed by atoms with E-state index in [4.69, 9.17) is 0 Å². The lowest BCUT2D eigenvalue weighted by Crippen LogP contribution is -2.12. The van der Waals surface area contributed by atoms with Gasteiger partial charge in [0.2, 0.25) is 0 Å². The summed E-state index contributed by atoms with van der Waals surface area (Å²) >= 11 is 0. The van der Waals surface area contributed by atoms with Crippen LogP contribution < -0.4 is 0 Å². The highest BCUT2D eigenvalue weighted by Crippen LogP contribution is 2.08. The number of hydrogen-bond donors (Lipinski definition) is 1. The van der Waals surface area contributed by atoms with Crippen molar-refractivity contribution >= 4 is 0 Å². The van der Waals surface area contributed by atoms with Crippen LogP contribution in [-0.2, 0) is 12.8 Å². The van der Waals surface area contributed by atoms with Crippen LogP contribution in [-0.4, -0.2) is 16.2 Å². The number of aromatic nitrogens is 1. The van der Waals surface area contributed by atoms with E-state index in [2.05, 4.69) is 17.1 Å². The van der Waals surface area contributed by atoms with Crippen LogP contribution in [0.4, 0.5) is 0 Å². The molecule has 1 N–H and O–H groups in total. The lowest BCUT2D eigenvalue weighted by atomic mass is 10.0. The standard InChI is InChI=1S/C15H17NO/c17-15(12-14-8-4-5-11-16-14)10-9-13-6-2-1-3-7-13/h1-8,11,15,17H,9-10,12H2. The summed E-state index contributed by atoms with van der Waals surface area (Å²) in [5.41, 5.74) is 2.22. The van der Waals surface area contributed by atoms with Crippen molar-refractivity contribution in [3.8, 4) is 0 Å². The zero-order valence-electron chi connectivity index (χ0n) is 9.79. The number of pyridine rings is 1. The van der Waals surface area contributed by atoms with Gasteiger partial charge >= 0.3 is 0 Å². The lowest BCUT2D eigenvalue weighted by Gasteiger charge is -2.09. The maximum atomic E-state index is 9.92. The van der Waals surface area contributed by atoms with Crippen molar-refractivity contribution in [1.29, 1.82) is 0 Å². The maximum absolute atomic E-state index is 9.92. The largest absolute Gasteiger partial charge is 0.393 e. The Balaban J connectivity index is 1.80. The van der Waals surface area contributed by atoms with Gasteiger partial charge in [0.25, 0.3) is 0 Å². The van der Waals surface area contributed by atoms with E-state index in [9.17, 15) is 5.11 Å². The number of rotatable bonds is 5. The second-order valence-electron chi connectivity index (χ2n) is 4.20. The summed E-state index contributed by atoms with van der Waals surface area (Å²) in [5, 5.41) is 9.92. The lowest BCUT2D eigenvalue weighted by molar-refractivity contribution is 0.164. The molecule has 2 aromatic rings. The maximum Gasteiger partial charge on any atom is 0.0598 e. The van der Waals surface area contributed by atoms with Gasteiger partial charge in [-0.2, -0.15) is 0 Å². The van der Waals surface area contributed by atoms with E-state index in [1.54, 1.807) is 6.20 Å². The first kappa shape index (κ1) is 11.8. The monoisotopic (exact) mass is 227 g/mol. The molecule has 0 aliphatic carbocycles. The zero-order chi connectivity index (χ0) is 11.9. The van der Waals surface area contributed by atoms with Crippen LogP contribution in [0.25, 0.3) is 0 Å². The SMILES string of the molecule is OC(CCc1ccccc1)Cc1ccccn1. The van der Waals surface area contributed by atoms with Crippen LogP contribution in [0, 0.1) is 0 Å². The first-order valence-corrected chi connectivity index (χ1v) is 5.96. The molecule has 0 spiro atoms. The fourth-order valence-corrected chi connectivity index (χ4v) is 1.84. The highest BCUT2D eigenvalue weighted by Gasteiger charge is 2.06. The summed E-state index contributed by atoms with van der Waals surface area (Å²) in [6.07, 6.45) is 3.77. The third-order valence-electron chi connectivity index (χ3n) is 2.78. The predicted octanol–water partition coefficient (Wildman–Crippen LogP) is 2.62. The normalized spacial score (nSPS) is 12.3. The Bertz CT molecular complexity index is 427. The quantitative estimate of drug-likeness (QED) is 0.851. The molecule has 1 heterocycles. The van der Waals surface area contributed by atoms with Gasteiger partial charge in [0.05, 0.1) is 6.10 Å². The van der Waals surface area contributed by atoms with E-state index in [1.165, 1.54) is 5.56 Å². The van der Waals surface area contributed by atoms with Crippen LogP contribution >= 0.6 is 0 Å². The van der Waals surface area contributed by atoms with E-state index >= 15 is 0 Å². The van der Waals surface area contributed by atoms with Crippen LogP contribution in [0.3, 0.4) is 0 Å². The van der Waals surface area contributed by atoms with E-state index in [0.29, 0.717) is 6.42 Å². The molecule has 1 aromatic heterocycles. The van der Waals surface area contributed by atoms with Gasteiger partial charge in [-0.1, -0.05) is 36.4 Å². The van der Waals surface area contributed by atoms with E-state index in [0.717, 1.165) is 18.5 Å². The summed E-state index contributed by atoms with van der Waals surface area (Å²) in [6.45, 7) is 0. The van der Waals surface area contributed by atoms with Gasteiger partial charge in [-0.05, 0) is 30.5 Å². The molecule has 0 aliphatic heterocycles. The molecule has 0 fully saturated rings. The molecule has 0 radical (unpaired) electrons. The summed E-state index contributed by atoms with van der Waals surface area (Å²) < 4.78 is 0. The van der Waals surface area contributed by atoms with Crippen molar-refractivity contribution in [3.63, 3.8) is 0 Å². The van der Waals surface area contributed by atoms with Gasteiger partial charge in [0.1, 0.15) is 0 Å². The number of hydrogen-bond acceptors (Lipinski definition) is 2. The van der Waals surface area contributed by atoms with E-state index < -0.39 is 0 Å². The molecule has 88 valence electrons. The van der Waals surface area contributed by atoms with Crippen LogP contribution in [0.1, 0.15) is 17.7 Å². The Morgan fingerprint density at radius 2 is 1.76 bits per heavy atom. The van der Waals surface area contributed by atoms with Crippen molar-refractivity contribution in [2.45, 2.75) is 25.4 Å². The van der Waals surface area contributed by atoms with Crippen LogP contribution in [0.2, 0.25) is 0 Å². The number of aliphatic hydroxyl groups is 1. The molecule has 2 rings (SSSR count). The molecule has 0 amide bonds. The minimum atomic E-state index is -0.315. The average Bonchev–Trinajstić information content (AvgIpc) is 2.39. The smallest absolute Gasteiger partial charge is 0.0598 e. The number of benzene rings is 1. The van der Waals surface area contributed by atoms with Crippen LogP contribution in [0.15, 0.2) is 54.7 Å². The van der Waals surface area contributed by atoms with Crippen molar-refractivity contribution in [2.24, 2.45) is 0 Å². The number of nitrogens with zero attached hydrogens (tertiary/aromatic N) is 1. The number of aliphatic hydroxyl groups excluding tert-OH is 1. The van der Waals surface area contributed by atoms with Gasteiger partial charge in [-0.25, -0.2) is 0 Å². The van der Waals surface area contributed by atoms with E-state index in [1.807, 2.05) is 36.4 Å². The van der Waals surface area contributed by atoms with Crippen LogP contribution in [0.5, 0.6) is 0 Å². The molecular formula is C15H17NO. The fourth-order valence-electron chi connectivity index (χ4n) is 1.84.